The first-order chi connectivity index (χ1) is 11.5. The maximum absolute atomic E-state index is 12.5. The predicted molar refractivity (Wildman–Crippen MR) is 94.3 cm³/mol. The fourth-order valence-electron chi connectivity index (χ4n) is 2.17. The number of hydrogen-bond donors (Lipinski definition) is 2. The number of halogens is 1. The van der Waals surface area contributed by atoms with Gasteiger partial charge in [-0.1, -0.05) is 46.3 Å². The van der Waals surface area contributed by atoms with Crippen molar-refractivity contribution in [2.24, 2.45) is 0 Å². The Morgan fingerprint density at radius 1 is 1.08 bits per heavy atom. The topological polar surface area (TPSA) is 84.2 Å². The lowest BCUT2D eigenvalue weighted by atomic mass is 10.1. The summed E-state index contributed by atoms with van der Waals surface area (Å²) >= 11 is 3.36. The molecule has 2 N–H and O–H groups in total. The van der Waals surface area contributed by atoms with Gasteiger partial charge in [0.15, 0.2) is 0 Å². The number of benzene rings is 2. The third kappa shape index (κ3) is 3.50. The van der Waals surface area contributed by atoms with Gasteiger partial charge in [0.25, 0.3) is 10.0 Å². The lowest BCUT2D eigenvalue weighted by Gasteiger charge is -2.11. The summed E-state index contributed by atoms with van der Waals surface area (Å²) in [5, 5.41) is 13.4. The fourth-order valence-corrected chi connectivity index (χ4v) is 3.42. The van der Waals surface area contributed by atoms with Gasteiger partial charge in [-0.15, -0.1) is 0 Å². The van der Waals surface area contributed by atoms with Crippen LogP contribution in [0, 0.1) is 0 Å². The molecule has 0 unspecified atom stereocenters. The minimum absolute atomic E-state index is 0.132. The summed E-state index contributed by atoms with van der Waals surface area (Å²) in [6, 6.07) is 17.0. The number of rotatable bonds is 5. The number of nitrogens with zero attached hydrogens (tertiary/aromatic N) is 2. The summed E-state index contributed by atoms with van der Waals surface area (Å²) in [7, 11) is -3.79. The Labute approximate surface area is 147 Å². The van der Waals surface area contributed by atoms with E-state index in [0.29, 0.717) is 11.4 Å². The number of hydrogen-bond acceptors (Lipinski definition) is 4. The summed E-state index contributed by atoms with van der Waals surface area (Å²) in [5.74, 6) is 0. The molecule has 0 atom stereocenters. The molecular formula is C16H14BrN3O3S. The smallest absolute Gasteiger partial charge is 0.276 e. The van der Waals surface area contributed by atoms with Crippen molar-refractivity contribution < 1.29 is 13.5 Å². The highest BCUT2D eigenvalue weighted by Crippen LogP contribution is 2.23. The highest BCUT2D eigenvalue weighted by molar-refractivity contribution is 9.10. The summed E-state index contributed by atoms with van der Waals surface area (Å²) in [6.45, 7) is -0.288. The van der Waals surface area contributed by atoms with Crippen LogP contribution in [0.5, 0.6) is 0 Å². The zero-order valence-electron chi connectivity index (χ0n) is 12.4. The van der Waals surface area contributed by atoms with Crippen LogP contribution in [0.1, 0.15) is 5.69 Å². The van der Waals surface area contributed by atoms with E-state index >= 15 is 0 Å². The minimum Gasteiger partial charge on any atom is -0.390 e. The summed E-state index contributed by atoms with van der Waals surface area (Å²) in [4.78, 5) is 3.72. The van der Waals surface area contributed by atoms with Gasteiger partial charge in [-0.2, -0.15) is 23.1 Å². The Balaban J connectivity index is 2.02. The molecule has 1 aromatic heterocycles. The van der Waals surface area contributed by atoms with Gasteiger partial charge in [-0.25, -0.2) is 0 Å². The van der Waals surface area contributed by atoms with Crippen molar-refractivity contribution in [1.82, 2.24) is 9.89 Å². The lowest BCUT2D eigenvalue weighted by Crippen LogP contribution is -2.25. The third-order valence-corrected chi connectivity index (χ3v) is 5.16. The molecule has 1 heterocycles. The number of aliphatic hydroxyl groups excluding tert-OH is 1. The molecule has 0 fully saturated rings. The monoisotopic (exact) mass is 407 g/mol. The van der Waals surface area contributed by atoms with Crippen LogP contribution in [0.4, 0.5) is 0 Å². The van der Waals surface area contributed by atoms with Crippen molar-refractivity contribution in [1.29, 1.82) is 0 Å². The Kier molecular flexibility index (Phi) is 4.70. The van der Waals surface area contributed by atoms with Crippen LogP contribution in [0.2, 0.25) is 0 Å². The highest BCUT2D eigenvalue weighted by Gasteiger charge is 2.18. The number of aliphatic hydroxyl groups is 1. The molecule has 0 aliphatic rings. The van der Waals surface area contributed by atoms with E-state index in [2.05, 4.69) is 25.9 Å². The van der Waals surface area contributed by atoms with E-state index in [4.69, 9.17) is 0 Å². The molecule has 0 aliphatic carbocycles. The molecule has 3 rings (SSSR count). The van der Waals surface area contributed by atoms with E-state index in [1.54, 1.807) is 24.3 Å². The van der Waals surface area contributed by atoms with Crippen molar-refractivity contribution in [3.63, 3.8) is 0 Å². The third-order valence-electron chi connectivity index (χ3n) is 3.32. The molecule has 0 radical (unpaired) electrons. The van der Waals surface area contributed by atoms with Crippen molar-refractivity contribution in [3.8, 4) is 11.3 Å². The van der Waals surface area contributed by atoms with Crippen molar-refractivity contribution in [2.75, 3.05) is 4.83 Å². The molecule has 24 heavy (non-hydrogen) atoms. The Bertz CT molecular complexity index is 938. The van der Waals surface area contributed by atoms with Gasteiger partial charge >= 0.3 is 0 Å². The summed E-state index contributed by atoms with van der Waals surface area (Å²) in [5.41, 5.74) is 1.66. The van der Waals surface area contributed by atoms with Gasteiger partial charge in [0, 0.05) is 10.0 Å². The lowest BCUT2D eigenvalue weighted by molar-refractivity contribution is 0.276. The molecule has 0 spiro atoms. The van der Waals surface area contributed by atoms with Gasteiger partial charge < -0.3 is 5.11 Å². The number of aromatic nitrogens is 2. The maximum atomic E-state index is 12.5. The first kappa shape index (κ1) is 16.7. The standard InChI is InChI=1S/C16H14BrN3O3S/c17-13-8-6-12(7-9-13)16-10-14(11-21)18-20(16)19-24(22,23)15-4-2-1-3-5-15/h1-10,19,21H,11H2. The van der Waals surface area contributed by atoms with Gasteiger partial charge in [-0.3, -0.25) is 0 Å². The molecule has 8 heteroatoms. The Morgan fingerprint density at radius 2 is 1.75 bits per heavy atom. The van der Waals surface area contributed by atoms with Crippen LogP contribution in [0.25, 0.3) is 11.3 Å². The zero-order chi connectivity index (χ0) is 17.2. The van der Waals surface area contributed by atoms with Crippen molar-refractivity contribution in [2.45, 2.75) is 11.5 Å². The zero-order valence-corrected chi connectivity index (χ0v) is 14.8. The number of nitrogens with one attached hydrogen (secondary N) is 1. The molecule has 0 saturated heterocycles. The Morgan fingerprint density at radius 3 is 2.38 bits per heavy atom. The second-order valence-electron chi connectivity index (χ2n) is 5.01. The second kappa shape index (κ2) is 6.76. The van der Waals surface area contributed by atoms with E-state index < -0.39 is 10.0 Å². The molecule has 0 aliphatic heterocycles. The highest BCUT2D eigenvalue weighted by atomic mass is 79.9. The van der Waals surface area contributed by atoms with Gasteiger partial charge in [0.05, 0.1) is 22.9 Å². The first-order valence-corrected chi connectivity index (χ1v) is 9.31. The molecule has 6 nitrogen and oxygen atoms in total. The molecule has 0 bridgehead atoms. The summed E-state index contributed by atoms with van der Waals surface area (Å²) in [6.07, 6.45) is 0. The second-order valence-corrected chi connectivity index (χ2v) is 7.58. The molecule has 0 amide bonds. The van der Waals surface area contributed by atoms with Crippen LogP contribution >= 0.6 is 15.9 Å². The van der Waals surface area contributed by atoms with Crippen molar-refractivity contribution in [3.05, 3.63) is 70.8 Å². The average molecular weight is 408 g/mol. The molecule has 2 aromatic carbocycles. The van der Waals surface area contributed by atoms with Crippen LogP contribution in [-0.2, 0) is 16.6 Å². The van der Waals surface area contributed by atoms with Crippen LogP contribution in [0.15, 0.2) is 70.0 Å². The maximum Gasteiger partial charge on any atom is 0.276 e. The molecular weight excluding hydrogens is 394 g/mol. The van der Waals surface area contributed by atoms with Gasteiger partial charge in [0.2, 0.25) is 0 Å². The van der Waals surface area contributed by atoms with E-state index in [-0.39, 0.29) is 11.5 Å². The minimum atomic E-state index is -3.79. The molecule has 3 aromatic rings. The quantitative estimate of drug-likeness (QED) is 0.680. The molecule has 0 saturated carbocycles. The normalized spacial score (nSPS) is 11.4. The van der Waals surface area contributed by atoms with Crippen LogP contribution < -0.4 is 4.83 Å². The van der Waals surface area contributed by atoms with Gasteiger partial charge in [-0.05, 0) is 30.3 Å². The Hall–Kier alpha value is -2.16. The van der Waals surface area contributed by atoms with Crippen molar-refractivity contribution >= 4 is 26.0 Å². The SMILES string of the molecule is O=S(=O)(Nn1nc(CO)cc1-c1ccc(Br)cc1)c1ccccc1. The average Bonchev–Trinajstić information content (AvgIpc) is 2.98. The fraction of sp³-hybridized carbons (Fsp3) is 0.0625. The first-order valence-electron chi connectivity index (χ1n) is 7.03. The number of sulfonamides is 1. The van der Waals surface area contributed by atoms with Crippen LogP contribution in [0.3, 0.4) is 0 Å². The van der Waals surface area contributed by atoms with E-state index in [1.807, 2.05) is 24.3 Å². The predicted octanol–water partition coefficient (Wildman–Crippen LogP) is 2.74. The van der Waals surface area contributed by atoms with E-state index in [9.17, 15) is 13.5 Å². The largest absolute Gasteiger partial charge is 0.390 e. The molecule has 124 valence electrons. The van der Waals surface area contributed by atoms with Crippen LogP contribution in [-0.4, -0.2) is 23.4 Å². The van der Waals surface area contributed by atoms with Gasteiger partial charge in [0.1, 0.15) is 0 Å². The summed E-state index contributed by atoms with van der Waals surface area (Å²) < 4.78 is 25.9. The van der Waals surface area contributed by atoms with E-state index in [1.165, 1.54) is 12.1 Å². The van der Waals surface area contributed by atoms with E-state index in [0.717, 1.165) is 14.8 Å².